The molecular weight excluding hydrogens is 296 g/mol. The van der Waals surface area contributed by atoms with Crippen molar-refractivity contribution in [1.29, 1.82) is 0 Å². The highest BCUT2D eigenvalue weighted by molar-refractivity contribution is 9.10. The molecule has 0 radical (unpaired) electrons. The number of amidine groups is 1. The fourth-order valence-electron chi connectivity index (χ4n) is 2.20. The van der Waals surface area contributed by atoms with Gasteiger partial charge in [-0.3, -0.25) is 9.88 Å². The van der Waals surface area contributed by atoms with Crippen LogP contribution >= 0.6 is 15.9 Å². The summed E-state index contributed by atoms with van der Waals surface area (Å²) in [6, 6.07) is 4.03. The van der Waals surface area contributed by atoms with Crippen molar-refractivity contribution in [2.45, 2.75) is 19.4 Å². The molecule has 1 aliphatic heterocycles. The van der Waals surface area contributed by atoms with Gasteiger partial charge in [0.15, 0.2) is 0 Å². The summed E-state index contributed by atoms with van der Waals surface area (Å²) in [6.07, 6.45) is 3.69. The zero-order valence-corrected chi connectivity index (χ0v) is 11.7. The van der Waals surface area contributed by atoms with Crippen molar-refractivity contribution in [2.24, 2.45) is 16.8 Å². The van der Waals surface area contributed by atoms with E-state index in [4.69, 9.17) is 10.9 Å². The first-order chi connectivity index (χ1) is 8.69. The minimum absolute atomic E-state index is 0.212. The van der Waals surface area contributed by atoms with Gasteiger partial charge in [-0.1, -0.05) is 5.16 Å². The summed E-state index contributed by atoms with van der Waals surface area (Å²) in [5.41, 5.74) is 6.70. The Balaban J connectivity index is 1.85. The highest BCUT2D eigenvalue weighted by atomic mass is 79.9. The highest BCUT2D eigenvalue weighted by Gasteiger charge is 2.22. The first kappa shape index (κ1) is 13.3. The lowest BCUT2D eigenvalue weighted by Gasteiger charge is -2.30. The van der Waals surface area contributed by atoms with Gasteiger partial charge in [0, 0.05) is 23.1 Å². The molecule has 0 aromatic carbocycles. The predicted molar refractivity (Wildman–Crippen MR) is 73.3 cm³/mol. The zero-order chi connectivity index (χ0) is 13.0. The minimum atomic E-state index is 0.212. The molecule has 1 aromatic heterocycles. The summed E-state index contributed by atoms with van der Waals surface area (Å²) in [5, 5.41) is 11.7. The molecule has 6 heteroatoms. The zero-order valence-electron chi connectivity index (χ0n) is 10.1. The second kappa shape index (κ2) is 6.15. The second-order valence-electron chi connectivity index (χ2n) is 4.54. The Labute approximate surface area is 115 Å². The molecular formula is C12H17BrN4O. The van der Waals surface area contributed by atoms with Gasteiger partial charge in [0.05, 0.1) is 5.69 Å². The lowest BCUT2D eigenvalue weighted by molar-refractivity contribution is 0.196. The molecule has 18 heavy (non-hydrogen) atoms. The van der Waals surface area contributed by atoms with E-state index in [0.29, 0.717) is 5.84 Å². The predicted octanol–water partition coefficient (Wildman–Crippen LogP) is 1.80. The third-order valence-electron chi connectivity index (χ3n) is 3.30. The third kappa shape index (κ3) is 3.43. The SMILES string of the molecule is N/C(=N/O)C1CCN(Cc2ccc(Br)cn2)CC1. The fraction of sp³-hybridized carbons (Fsp3) is 0.500. The van der Waals surface area contributed by atoms with Crippen LogP contribution in [0.15, 0.2) is 28.0 Å². The maximum atomic E-state index is 8.65. The number of pyridine rings is 1. The molecule has 2 heterocycles. The standard InChI is InChI=1S/C12H17BrN4O/c13-10-1-2-11(15-7-10)8-17-5-3-9(4-6-17)12(14)16-18/h1-2,7,9,18H,3-6,8H2,(H2,14,16). The lowest BCUT2D eigenvalue weighted by Crippen LogP contribution is -2.38. The van der Waals surface area contributed by atoms with Crippen molar-refractivity contribution in [1.82, 2.24) is 9.88 Å². The molecule has 3 N–H and O–H groups in total. The van der Waals surface area contributed by atoms with E-state index >= 15 is 0 Å². The van der Waals surface area contributed by atoms with Crippen LogP contribution in [-0.2, 0) is 6.54 Å². The van der Waals surface area contributed by atoms with E-state index < -0.39 is 0 Å². The lowest BCUT2D eigenvalue weighted by atomic mass is 9.96. The van der Waals surface area contributed by atoms with Gasteiger partial charge in [-0.15, -0.1) is 0 Å². The van der Waals surface area contributed by atoms with E-state index in [-0.39, 0.29) is 5.92 Å². The number of hydrogen-bond donors (Lipinski definition) is 2. The normalized spacial score (nSPS) is 19.1. The number of aromatic nitrogens is 1. The van der Waals surface area contributed by atoms with Gasteiger partial charge in [0.1, 0.15) is 5.84 Å². The van der Waals surface area contributed by atoms with Crippen LogP contribution < -0.4 is 5.73 Å². The van der Waals surface area contributed by atoms with Crippen molar-refractivity contribution in [3.63, 3.8) is 0 Å². The van der Waals surface area contributed by atoms with Crippen LogP contribution in [0.25, 0.3) is 0 Å². The number of nitrogens with two attached hydrogens (primary N) is 1. The van der Waals surface area contributed by atoms with Gasteiger partial charge in [0.2, 0.25) is 0 Å². The van der Waals surface area contributed by atoms with Crippen molar-refractivity contribution in [3.05, 3.63) is 28.5 Å². The molecule has 0 spiro atoms. The summed E-state index contributed by atoms with van der Waals surface area (Å²) in [6.45, 7) is 2.77. The molecule has 0 saturated carbocycles. The van der Waals surface area contributed by atoms with E-state index in [1.54, 1.807) is 0 Å². The number of oxime groups is 1. The Morgan fingerprint density at radius 1 is 1.50 bits per heavy atom. The van der Waals surface area contributed by atoms with Crippen LogP contribution in [0.2, 0.25) is 0 Å². The monoisotopic (exact) mass is 312 g/mol. The number of likely N-dealkylation sites (tertiary alicyclic amines) is 1. The molecule has 0 amide bonds. The van der Waals surface area contributed by atoms with Crippen LogP contribution in [0.4, 0.5) is 0 Å². The first-order valence-electron chi connectivity index (χ1n) is 5.99. The van der Waals surface area contributed by atoms with Crippen molar-refractivity contribution in [2.75, 3.05) is 13.1 Å². The number of rotatable bonds is 3. The summed E-state index contributed by atoms with van der Waals surface area (Å²) >= 11 is 3.38. The maximum absolute atomic E-state index is 8.65. The fourth-order valence-corrected chi connectivity index (χ4v) is 2.43. The van der Waals surface area contributed by atoms with Crippen LogP contribution in [-0.4, -0.2) is 34.0 Å². The van der Waals surface area contributed by atoms with Crippen molar-refractivity contribution in [3.8, 4) is 0 Å². The minimum Gasteiger partial charge on any atom is -0.409 e. The van der Waals surface area contributed by atoms with Crippen LogP contribution in [0.3, 0.4) is 0 Å². The molecule has 0 unspecified atom stereocenters. The van der Waals surface area contributed by atoms with Crippen LogP contribution in [0.1, 0.15) is 18.5 Å². The Morgan fingerprint density at radius 3 is 2.78 bits per heavy atom. The Hall–Kier alpha value is -1.14. The molecule has 0 bridgehead atoms. The Kier molecular flexibility index (Phi) is 4.54. The molecule has 98 valence electrons. The van der Waals surface area contributed by atoms with Crippen molar-refractivity contribution < 1.29 is 5.21 Å². The first-order valence-corrected chi connectivity index (χ1v) is 6.78. The van der Waals surface area contributed by atoms with Gasteiger partial charge >= 0.3 is 0 Å². The van der Waals surface area contributed by atoms with Crippen LogP contribution in [0, 0.1) is 5.92 Å². The average Bonchev–Trinajstić information content (AvgIpc) is 2.41. The summed E-state index contributed by atoms with van der Waals surface area (Å²) in [5.74, 6) is 0.570. The van der Waals surface area contributed by atoms with E-state index in [9.17, 15) is 0 Å². The van der Waals surface area contributed by atoms with E-state index in [1.807, 2.05) is 18.3 Å². The van der Waals surface area contributed by atoms with E-state index in [0.717, 1.165) is 42.6 Å². The van der Waals surface area contributed by atoms with Gasteiger partial charge < -0.3 is 10.9 Å². The molecule has 5 nitrogen and oxygen atoms in total. The Morgan fingerprint density at radius 2 is 2.22 bits per heavy atom. The molecule has 2 rings (SSSR count). The number of halogens is 1. The molecule has 1 fully saturated rings. The molecule has 0 atom stereocenters. The van der Waals surface area contributed by atoms with Gasteiger partial charge in [-0.25, -0.2) is 0 Å². The number of hydrogen-bond acceptors (Lipinski definition) is 4. The second-order valence-corrected chi connectivity index (χ2v) is 5.46. The van der Waals surface area contributed by atoms with Gasteiger partial charge in [-0.05, 0) is 54.0 Å². The summed E-state index contributed by atoms with van der Waals surface area (Å²) < 4.78 is 0.997. The third-order valence-corrected chi connectivity index (χ3v) is 3.76. The number of piperidine rings is 1. The van der Waals surface area contributed by atoms with Gasteiger partial charge in [-0.2, -0.15) is 0 Å². The largest absolute Gasteiger partial charge is 0.409 e. The average molecular weight is 313 g/mol. The molecule has 1 saturated heterocycles. The van der Waals surface area contributed by atoms with E-state index in [1.165, 1.54) is 0 Å². The molecule has 1 aliphatic rings. The Bertz CT molecular complexity index is 413. The highest BCUT2D eigenvalue weighted by Crippen LogP contribution is 2.19. The quantitative estimate of drug-likeness (QED) is 0.386. The molecule has 1 aromatic rings. The molecule has 0 aliphatic carbocycles. The van der Waals surface area contributed by atoms with Gasteiger partial charge in [0.25, 0.3) is 0 Å². The van der Waals surface area contributed by atoms with Crippen LogP contribution in [0.5, 0.6) is 0 Å². The maximum Gasteiger partial charge on any atom is 0.142 e. The van der Waals surface area contributed by atoms with Crippen molar-refractivity contribution >= 4 is 21.8 Å². The topological polar surface area (TPSA) is 74.7 Å². The summed E-state index contributed by atoms with van der Waals surface area (Å²) in [4.78, 5) is 6.71. The smallest absolute Gasteiger partial charge is 0.142 e. The summed E-state index contributed by atoms with van der Waals surface area (Å²) in [7, 11) is 0. The number of nitrogens with zero attached hydrogens (tertiary/aromatic N) is 3. The van der Waals surface area contributed by atoms with E-state index in [2.05, 4.69) is 31.0 Å².